The quantitative estimate of drug-likeness (QED) is 0.532. The van der Waals surface area contributed by atoms with Crippen molar-refractivity contribution in [3.8, 4) is 0 Å². The Bertz CT molecular complexity index is 81.1. The molecule has 0 unspecified atom stereocenters. The summed E-state index contributed by atoms with van der Waals surface area (Å²) < 4.78 is 0. The van der Waals surface area contributed by atoms with Crippen LogP contribution < -0.4 is 0 Å². The van der Waals surface area contributed by atoms with Gasteiger partial charge >= 0.3 is 0 Å². The van der Waals surface area contributed by atoms with E-state index in [2.05, 4.69) is 0 Å². The summed E-state index contributed by atoms with van der Waals surface area (Å²) in [4.78, 5) is 1.39. The topological polar surface area (TPSA) is 43.7 Å². The van der Waals surface area contributed by atoms with Crippen molar-refractivity contribution in [1.29, 1.82) is 0 Å². The second-order valence-corrected chi connectivity index (χ2v) is 2.42. The fourth-order valence-electron chi connectivity index (χ4n) is 0.559. The molecule has 3 heteroatoms. The van der Waals surface area contributed by atoms with E-state index >= 15 is 0 Å². The van der Waals surface area contributed by atoms with Gasteiger partial charge < -0.3 is 10.2 Å². The van der Waals surface area contributed by atoms with Crippen molar-refractivity contribution in [3.05, 3.63) is 0 Å². The summed E-state index contributed by atoms with van der Waals surface area (Å²) >= 11 is 0. The van der Waals surface area contributed by atoms with Gasteiger partial charge in [-0.05, 0) is 20.5 Å². The maximum absolute atomic E-state index is 9.07. The van der Waals surface area contributed by atoms with Crippen LogP contribution in [0.15, 0.2) is 0 Å². The van der Waals surface area contributed by atoms with Gasteiger partial charge in [-0.25, -0.2) is 0 Å². The SMILES string of the molecule is CCCC(O)(O)N(C)C. The van der Waals surface area contributed by atoms with E-state index in [4.69, 9.17) is 10.2 Å². The summed E-state index contributed by atoms with van der Waals surface area (Å²) in [5, 5.41) is 18.1. The summed E-state index contributed by atoms with van der Waals surface area (Å²) in [5.74, 6) is -1.62. The zero-order valence-electron chi connectivity index (χ0n) is 6.26. The lowest BCUT2D eigenvalue weighted by atomic mass is 10.2. The van der Waals surface area contributed by atoms with Gasteiger partial charge in [-0.1, -0.05) is 6.92 Å². The molecule has 0 aliphatic heterocycles. The zero-order chi connectivity index (χ0) is 7.49. The van der Waals surface area contributed by atoms with E-state index in [0.29, 0.717) is 6.42 Å². The van der Waals surface area contributed by atoms with Gasteiger partial charge in [0.2, 0.25) is 5.91 Å². The summed E-state index contributed by atoms with van der Waals surface area (Å²) in [6.45, 7) is 1.91. The first kappa shape index (κ1) is 8.88. The minimum Gasteiger partial charge on any atom is -0.353 e. The first-order valence-corrected chi connectivity index (χ1v) is 3.13. The van der Waals surface area contributed by atoms with Crippen molar-refractivity contribution in [2.75, 3.05) is 14.1 Å². The summed E-state index contributed by atoms with van der Waals surface area (Å²) in [5.41, 5.74) is 0. The number of rotatable bonds is 3. The maximum atomic E-state index is 9.07. The van der Waals surface area contributed by atoms with Crippen LogP contribution in [0.4, 0.5) is 0 Å². The van der Waals surface area contributed by atoms with Crippen molar-refractivity contribution in [3.63, 3.8) is 0 Å². The molecule has 3 nitrogen and oxygen atoms in total. The summed E-state index contributed by atoms with van der Waals surface area (Å²) in [6.07, 6.45) is 1.16. The highest BCUT2D eigenvalue weighted by atomic mass is 16.5. The van der Waals surface area contributed by atoms with E-state index in [1.54, 1.807) is 14.1 Å². The van der Waals surface area contributed by atoms with Crippen molar-refractivity contribution >= 4 is 0 Å². The van der Waals surface area contributed by atoms with E-state index in [0.717, 1.165) is 6.42 Å². The highest BCUT2D eigenvalue weighted by Gasteiger charge is 2.23. The van der Waals surface area contributed by atoms with E-state index in [1.807, 2.05) is 6.92 Å². The van der Waals surface area contributed by atoms with Gasteiger partial charge in [-0.3, -0.25) is 4.90 Å². The number of hydrogen-bond donors (Lipinski definition) is 2. The van der Waals surface area contributed by atoms with Crippen LogP contribution in [-0.4, -0.2) is 35.1 Å². The van der Waals surface area contributed by atoms with E-state index < -0.39 is 5.91 Å². The molecular weight excluding hydrogens is 118 g/mol. The van der Waals surface area contributed by atoms with Crippen LogP contribution in [0, 0.1) is 0 Å². The Labute approximate surface area is 55.9 Å². The minimum absolute atomic E-state index is 0.389. The van der Waals surface area contributed by atoms with Crippen LogP contribution >= 0.6 is 0 Å². The van der Waals surface area contributed by atoms with Gasteiger partial charge in [0.25, 0.3) is 0 Å². The maximum Gasteiger partial charge on any atom is 0.224 e. The molecule has 0 aromatic carbocycles. The highest BCUT2D eigenvalue weighted by Crippen LogP contribution is 2.09. The monoisotopic (exact) mass is 133 g/mol. The number of hydrogen-bond acceptors (Lipinski definition) is 3. The molecule has 0 fully saturated rings. The smallest absolute Gasteiger partial charge is 0.224 e. The van der Waals surface area contributed by atoms with Crippen LogP contribution in [0.5, 0.6) is 0 Å². The molecule has 0 bridgehead atoms. The molecule has 0 saturated heterocycles. The van der Waals surface area contributed by atoms with Crippen molar-refractivity contribution in [2.24, 2.45) is 0 Å². The predicted octanol–water partition coefficient (Wildman–Crippen LogP) is -0.0135. The molecule has 0 aromatic rings. The largest absolute Gasteiger partial charge is 0.353 e. The van der Waals surface area contributed by atoms with Crippen molar-refractivity contribution in [2.45, 2.75) is 25.7 Å². The van der Waals surface area contributed by atoms with Gasteiger partial charge in [0, 0.05) is 6.42 Å². The fraction of sp³-hybridized carbons (Fsp3) is 1.00. The molecule has 9 heavy (non-hydrogen) atoms. The fourth-order valence-corrected chi connectivity index (χ4v) is 0.559. The Morgan fingerprint density at radius 3 is 1.89 bits per heavy atom. The average molecular weight is 133 g/mol. The Morgan fingerprint density at radius 2 is 1.78 bits per heavy atom. The predicted molar refractivity (Wildman–Crippen MR) is 35.8 cm³/mol. The second-order valence-electron chi connectivity index (χ2n) is 2.42. The first-order valence-electron chi connectivity index (χ1n) is 3.13. The third kappa shape index (κ3) is 2.79. The normalized spacial score (nSPS) is 12.7. The average Bonchev–Trinajstić information content (AvgIpc) is 1.65. The Hall–Kier alpha value is -0.120. The van der Waals surface area contributed by atoms with Crippen LogP contribution in [0.3, 0.4) is 0 Å². The van der Waals surface area contributed by atoms with E-state index in [-0.39, 0.29) is 0 Å². The molecule has 0 aromatic heterocycles. The van der Waals surface area contributed by atoms with Gasteiger partial charge in [0.15, 0.2) is 0 Å². The van der Waals surface area contributed by atoms with Crippen molar-refractivity contribution in [1.82, 2.24) is 4.90 Å². The van der Waals surface area contributed by atoms with Gasteiger partial charge in [0.1, 0.15) is 0 Å². The lowest BCUT2D eigenvalue weighted by Crippen LogP contribution is -2.43. The second kappa shape index (κ2) is 3.15. The van der Waals surface area contributed by atoms with Crippen molar-refractivity contribution < 1.29 is 10.2 Å². The highest BCUT2D eigenvalue weighted by molar-refractivity contribution is 4.58. The molecular formula is C6H15NO2. The Balaban J connectivity index is 3.70. The molecule has 56 valence electrons. The van der Waals surface area contributed by atoms with Crippen LogP contribution in [0.25, 0.3) is 0 Å². The molecule has 0 spiro atoms. The molecule has 2 N–H and O–H groups in total. The van der Waals surface area contributed by atoms with E-state index in [9.17, 15) is 0 Å². The molecule has 0 saturated carbocycles. The van der Waals surface area contributed by atoms with Gasteiger partial charge in [-0.2, -0.15) is 0 Å². The lowest BCUT2D eigenvalue weighted by molar-refractivity contribution is -0.252. The van der Waals surface area contributed by atoms with Crippen LogP contribution in [0.2, 0.25) is 0 Å². The molecule has 0 heterocycles. The standard InChI is InChI=1S/C6H15NO2/c1-4-5-6(8,9)7(2)3/h8-9H,4-5H2,1-3H3. The molecule has 0 atom stereocenters. The molecule has 0 rings (SSSR count). The van der Waals surface area contributed by atoms with Gasteiger partial charge in [0.05, 0.1) is 0 Å². The lowest BCUT2D eigenvalue weighted by Gasteiger charge is -2.27. The van der Waals surface area contributed by atoms with Crippen LogP contribution in [0.1, 0.15) is 19.8 Å². The molecule has 0 aliphatic carbocycles. The Kier molecular flexibility index (Phi) is 3.11. The first-order chi connectivity index (χ1) is 4.00. The Morgan fingerprint density at radius 1 is 1.33 bits per heavy atom. The number of aliphatic hydroxyl groups is 2. The summed E-state index contributed by atoms with van der Waals surface area (Å²) in [7, 11) is 3.27. The third-order valence-electron chi connectivity index (χ3n) is 1.30. The minimum atomic E-state index is -1.62. The van der Waals surface area contributed by atoms with Gasteiger partial charge in [-0.15, -0.1) is 0 Å². The third-order valence-corrected chi connectivity index (χ3v) is 1.30. The summed E-state index contributed by atoms with van der Waals surface area (Å²) in [6, 6.07) is 0. The molecule has 0 aliphatic rings. The van der Waals surface area contributed by atoms with Crippen LogP contribution in [-0.2, 0) is 0 Å². The number of nitrogens with zero attached hydrogens (tertiary/aromatic N) is 1. The molecule has 0 amide bonds. The zero-order valence-corrected chi connectivity index (χ0v) is 6.26. The van der Waals surface area contributed by atoms with E-state index in [1.165, 1.54) is 4.90 Å². The molecule has 0 radical (unpaired) electrons.